The van der Waals surface area contributed by atoms with Crippen LogP contribution >= 0.6 is 11.6 Å². The van der Waals surface area contributed by atoms with Gasteiger partial charge in [-0.2, -0.15) is 0 Å². The third kappa shape index (κ3) is 4.07. The van der Waals surface area contributed by atoms with Crippen LogP contribution in [0, 0.1) is 6.92 Å². The molecule has 0 bridgehead atoms. The molecule has 0 spiro atoms. The number of benzene rings is 3. The fraction of sp³-hybridized carbons (Fsp3) is 0.143. The van der Waals surface area contributed by atoms with Crippen LogP contribution in [0.25, 0.3) is 28.0 Å². The molecule has 2 heterocycles. The summed E-state index contributed by atoms with van der Waals surface area (Å²) >= 11 is 6.31. The number of para-hydroxylation sites is 1. The Balaban J connectivity index is 1.78. The number of ether oxygens (including phenoxy) is 2. The largest absolute Gasteiger partial charge is 0.493 e. The summed E-state index contributed by atoms with van der Waals surface area (Å²) in [5, 5.41) is 1.80. The lowest BCUT2D eigenvalue weighted by Crippen LogP contribution is -2.19. The molecule has 0 N–H and O–H groups in total. The van der Waals surface area contributed by atoms with Crippen molar-refractivity contribution in [3.8, 4) is 28.5 Å². The molecule has 0 amide bonds. The summed E-state index contributed by atoms with van der Waals surface area (Å²) in [6, 6.07) is 22.1. The zero-order valence-electron chi connectivity index (χ0n) is 20.3. The van der Waals surface area contributed by atoms with Crippen molar-refractivity contribution >= 4 is 28.3 Å². The lowest BCUT2D eigenvalue weighted by molar-refractivity contribution is 0.355. The van der Waals surface area contributed by atoms with Crippen LogP contribution in [0.5, 0.6) is 11.5 Å². The minimum atomic E-state index is -0.218. The van der Waals surface area contributed by atoms with Crippen LogP contribution in [0.1, 0.15) is 5.69 Å². The maximum Gasteiger partial charge on any atom is 0.297 e. The molecular formula is C28H24ClN3O4. The highest BCUT2D eigenvalue weighted by atomic mass is 35.5. The standard InChI is InChI=1S/C28H24ClN3O4/c1-17-27(28(33)32(31(17)2)20-8-6-5-7-9-20)30-22-16-25(36-23-13-11-19(29)15-21(22)23)18-10-12-24(34-3)26(14-18)35-4/h5-16H,1-4H3. The average molecular weight is 502 g/mol. The van der Waals surface area contributed by atoms with Gasteiger partial charge in [-0.3, -0.25) is 9.48 Å². The van der Waals surface area contributed by atoms with Crippen molar-refractivity contribution in [3.63, 3.8) is 0 Å². The average Bonchev–Trinajstić information content (AvgIpc) is 3.11. The number of rotatable bonds is 5. The zero-order chi connectivity index (χ0) is 25.4. The normalized spacial score (nSPS) is 11.8. The zero-order valence-corrected chi connectivity index (χ0v) is 21.0. The van der Waals surface area contributed by atoms with Crippen molar-refractivity contribution in [1.82, 2.24) is 9.36 Å². The predicted molar refractivity (Wildman–Crippen MR) is 141 cm³/mol. The van der Waals surface area contributed by atoms with Gasteiger partial charge in [-0.15, -0.1) is 0 Å². The monoisotopic (exact) mass is 501 g/mol. The Morgan fingerprint density at radius 1 is 0.917 bits per heavy atom. The van der Waals surface area contributed by atoms with Gasteiger partial charge in [0.2, 0.25) is 0 Å². The van der Waals surface area contributed by atoms with E-state index in [0.29, 0.717) is 44.3 Å². The predicted octanol–water partition coefficient (Wildman–Crippen LogP) is 5.80. The summed E-state index contributed by atoms with van der Waals surface area (Å²) in [5.41, 5.74) is 2.97. The second-order valence-electron chi connectivity index (χ2n) is 8.23. The van der Waals surface area contributed by atoms with E-state index in [0.717, 1.165) is 16.9 Å². The smallest absolute Gasteiger partial charge is 0.297 e. The third-order valence-electron chi connectivity index (χ3n) is 6.13. The van der Waals surface area contributed by atoms with Crippen LogP contribution in [-0.4, -0.2) is 23.6 Å². The molecule has 7 nitrogen and oxygen atoms in total. The van der Waals surface area contributed by atoms with E-state index < -0.39 is 0 Å². The van der Waals surface area contributed by atoms with Crippen molar-refractivity contribution in [1.29, 1.82) is 0 Å². The molecule has 0 saturated carbocycles. The minimum absolute atomic E-state index is 0.218. The van der Waals surface area contributed by atoms with Crippen LogP contribution in [0.15, 0.2) is 87.0 Å². The van der Waals surface area contributed by atoms with Gasteiger partial charge in [0.25, 0.3) is 5.56 Å². The number of aromatic nitrogens is 2. The van der Waals surface area contributed by atoms with Crippen LogP contribution in [0.4, 0.5) is 5.69 Å². The molecule has 5 rings (SSSR count). The van der Waals surface area contributed by atoms with E-state index >= 15 is 0 Å². The fourth-order valence-corrected chi connectivity index (χ4v) is 4.34. The maximum atomic E-state index is 13.5. The molecule has 3 aromatic carbocycles. The van der Waals surface area contributed by atoms with Crippen molar-refractivity contribution in [3.05, 3.63) is 99.2 Å². The molecule has 0 radical (unpaired) electrons. The van der Waals surface area contributed by atoms with Crippen molar-refractivity contribution in [2.45, 2.75) is 6.92 Å². The SMILES string of the molecule is COc1ccc(-c2cc(=Nc3c(C)n(C)n(-c4ccccc4)c3=O)c3cc(Cl)ccc3o2)cc1OC. The fourth-order valence-electron chi connectivity index (χ4n) is 4.17. The van der Waals surface area contributed by atoms with Gasteiger partial charge in [0.15, 0.2) is 17.2 Å². The van der Waals surface area contributed by atoms with Crippen molar-refractivity contribution < 1.29 is 13.9 Å². The summed E-state index contributed by atoms with van der Waals surface area (Å²) in [7, 11) is 5.01. The quantitative estimate of drug-likeness (QED) is 0.305. The highest BCUT2D eigenvalue weighted by Gasteiger charge is 2.17. The Labute approximate surface area is 212 Å². The molecular weight excluding hydrogens is 478 g/mol. The van der Waals surface area contributed by atoms with Crippen molar-refractivity contribution in [2.24, 2.45) is 12.0 Å². The van der Waals surface area contributed by atoms with Crippen molar-refractivity contribution in [2.75, 3.05) is 14.2 Å². The third-order valence-corrected chi connectivity index (χ3v) is 6.36. The Morgan fingerprint density at radius 2 is 1.67 bits per heavy atom. The second kappa shape index (κ2) is 9.43. The maximum absolute atomic E-state index is 13.5. The Hall–Kier alpha value is -4.23. The molecule has 2 aromatic heterocycles. The van der Waals surface area contributed by atoms with Gasteiger partial charge in [-0.05, 0) is 55.5 Å². The Kier molecular flexibility index (Phi) is 6.16. The van der Waals surface area contributed by atoms with Gasteiger partial charge in [0.1, 0.15) is 11.3 Å². The number of hydrogen-bond acceptors (Lipinski definition) is 5. The molecule has 182 valence electrons. The second-order valence-corrected chi connectivity index (χ2v) is 8.66. The number of halogens is 1. The summed E-state index contributed by atoms with van der Waals surface area (Å²) in [6.45, 7) is 1.87. The molecule has 0 atom stereocenters. The van der Waals surface area contributed by atoms with E-state index in [1.807, 2.05) is 62.5 Å². The first-order valence-corrected chi connectivity index (χ1v) is 11.6. The van der Waals surface area contributed by atoms with Crippen LogP contribution in [-0.2, 0) is 7.05 Å². The van der Waals surface area contributed by atoms with E-state index in [-0.39, 0.29) is 5.56 Å². The van der Waals surface area contributed by atoms with Gasteiger partial charge < -0.3 is 13.9 Å². The molecule has 5 aromatic rings. The summed E-state index contributed by atoms with van der Waals surface area (Å²) in [4.78, 5) is 18.3. The Morgan fingerprint density at radius 3 is 2.39 bits per heavy atom. The van der Waals surface area contributed by atoms with Crippen LogP contribution in [0.2, 0.25) is 5.02 Å². The molecule has 8 heteroatoms. The van der Waals surface area contributed by atoms with E-state index in [1.165, 1.54) is 0 Å². The number of methoxy groups -OCH3 is 2. The van der Waals surface area contributed by atoms with E-state index in [2.05, 4.69) is 0 Å². The highest BCUT2D eigenvalue weighted by Crippen LogP contribution is 2.33. The highest BCUT2D eigenvalue weighted by molar-refractivity contribution is 6.31. The first kappa shape index (κ1) is 23.5. The molecule has 0 saturated heterocycles. The minimum Gasteiger partial charge on any atom is -0.493 e. The first-order valence-electron chi connectivity index (χ1n) is 11.3. The molecule has 0 fully saturated rings. The van der Waals surface area contributed by atoms with Gasteiger partial charge >= 0.3 is 0 Å². The summed E-state index contributed by atoms with van der Waals surface area (Å²) < 4.78 is 20.4. The molecule has 36 heavy (non-hydrogen) atoms. The number of fused-ring (bicyclic) bond motifs is 1. The lowest BCUT2D eigenvalue weighted by Gasteiger charge is -2.10. The molecule has 0 unspecified atom stereocenters. The van der Waals surface area contributed by atoms with E-state index in [9.17, 15) is 4.79 Å². The lowest BCUT2D eigenvalue weighted by atomic mass is 10.1. The number of nitrogens with zero attached hydrogens (tertiary/aromatic N) is 3. The van der Waals surface area contributed by atoms with E-state index in [1.54, 1.807) is 47.8 Å². The van der Waals surface area contributed by atoms with E-state index in [4.69, 9.17) is 30.5 Å². The molecule has 0 aliphatic rings. The summed E-state index contributed by atoms with van der Waals surface area (Å²) in [5.74, 6) is 1.74. The van der Waals surface area contributed by atoms with Crippen LogP contribution < -0.4 is 20.4 Å². The van der Waals surface area contributed by atoms with Crippen LogP contribution in [0.3, 0.4) is 0 Å². The van der Waals surface area contributed by atoms with Gasteiger partial charge in [-0.25, -0.2) is 9.67 Å². The topological polar surface area (TPSA) is 70.9 Å². The van der Waals surface area contributed by atoms with Gasteiger partial charge in [0.05, 0.1) is 31.0 Å². The van der Waals surface area contributed by atoms with Gasteiger partial charge in [-0.1, -0.05) is 29.8 Å². The Bertz CT molecular complexity index is 1720. The molecule has 0 aliphatic heterocycles. The summed E-state index contributed by atoms with van der Waals surface area (Å²) in [6.07, 6.45) is 0. The molecule has 0 aliphatic carbocycles. The number of hydrogen-bond donors (Lipinski definition) is 0. The van der Waals surface area contributed by atoms with Gasteiger partial charge in [0, 0.05) is 29.1 Å². The first-order chi connectivity index (χ1) is 17.4.